The van der Waals surface area contributed by atoms with Crippen LogP contribution in [0, 0.1) is 0 Å². The fourth-order valence-corrected chi connectivity index (χ4v) is 3.42. The first-order chi connectivity index (χ1) is 12.2. The number of fused-ring (bicyclic) bond motifs is 1. The number of anilines is 1. The first-order valence-corrected chi connectivity index (χ1v) is 8.63. The second-order valence-electron chi connectivity index (χ2n) is 6.53. The summed E-state index contributed by atoms with van der Waals surface area (Å²) in [5.41, 5.74) is 2.28. The summed E-state index contributed by atoms with van der Waals surface area (Å²) in [5.74, 6) is 0.549. The highest BCUT2D eigenvalue weighted by atomic mass is 16.1. The molecule has 0 spiro atoms. The summed E-state index contributed by atoms with van der Waals surface area (Å²) >= 11 is 0. The molecule has 7 nitrogen and oxygen atoms in total. The van der Waals surface area contributed by atoms with Crippen molar-refractivity contribution in [2.24, 2.45) is 7.05 Å². The number of nitrogens with zero attached hydrogens (tertiary/aromatic N) is 5. The molecule has 3 aromatic heterocycles. The Morgan fingerprint density at radius 2 is 2.24 bits per heavy atom. The van der Waals surface area contributed by atoms with Gasteiger partial charge in [0.15, 0.2) is 5.82 Å². The number of hydrogen-bond donors (Lipinski definition) is 1. The van der Waals surface area contributed by atoms with Gasteiger partial charge in [-0.05, 0) is 25.0 Å². The molecule has 0 aromatic carbocycles. The van der Waals surface area contributed by atoms with Crippen LogP contribution in [0.4, 0.5) is 5.82 Å². The maximum atomic E-state index is 12.3. The highest BCUT2D eigenvalue weighted by Crippen LogP contribution is 2.16. The normalized spacial score (nSPS) is 18.0. The van der Waals surface area contributed by atoms with E-state index in [1.807, 2.05) is 29.0 Å². The van der Waals surface area contributed by atoms with Crippen LogP contribution in [-0.2, 0) is 13.6 Å². The number of aryl methyl sites for hydroxylation is 1. The van der Waals surface area contributed by atoms with Gasteiger partial charge in [-0.15, -0.1) is 0 Å². The van der Waals surface area contributed by atoms with Gasteiger partial charge >= 0.3 is 0 Å². The standard InChI is InChI=1S/C18H22N6O/c1-22-10-7-19-17(18(22)25)23-8-4-5-15(13-23)20-11-14-12-21-24-9-3-2-6-16(14)24/h2-3,6-7,9-10,12,15,20H,4-5,8,11,13H2,1H3. The van der Waals surface area contributed by atoms with Crippen molar-refractivity contribution in [2.75, 3.05) is 18.0 Å². The molecule has 4 heterocycles. The van der Waals surface area contributed by atoms with Crippen LogP contribution in [0.2, 0.25) is 0 Å². The summed E-state index contributed by atoms with van der Waals surface area (Å²) in [6.07, 6.45) is 9.40. The summed E-state index contributed by atoms with van der Waals surface area (Å²) < 4.78 is 3.47. The number of hydrogen-bond acceptors (Lipinski definition) is 5. The fourth-order valence-electron chi connectivity index (χ4n) is 3.42. The van der Waals surface area contributed by atoms with E-state index in [1.54, 1.807) is 24.0 Å². The van der Waals surface area contributed by atoms with Crippen molar-refractivity contribution in [1.82, 2.24) is 24.5 Å². The zero-order chi connectivity index (χ0) is 17.2. The van der Waals surface area contributed by atoms with E-state index < -0.39 is 0 Å². The molecule has 25 heavy (non-hydrogen) atoms. The van der Waals surface area contributed by atoms with Crippen molar-refractivity contribution in [3.05, 3.63) is 58.9 Å². The molecule has 1 unspecified atom stereocenters. The van der Waals surface area contributed by atoms with Gasteiger partial charge in [-0.1, -0.05) is 6.07 Å². The molecule has 1 N–H and O–H groups in total. The van der Waals surface area contributed by atoms with E-state index in [4.69, 9.17) is 0 Å². The third-order valence-electron chi connectivity index (χ3n) is 4.81. The Bertz CT molecular complexity index is 930. The van der Waals surface area contributed by atoms with Crippen LogP contribution in [0.5, 0.6) is 0 Å². The Balaban J connectivity index is 1.45. The minimum Gasteiger partial charge on any atom is -0.350 e. The second-order valence-corrected chi connectivity index (χ2v) is 6.53. The first-order valence-electron chi connectivity index (χ1n) is 8.63. The maximum Gasteiger partial charge on any atom is 0.293 e. The number of aromatic nitrogens is 4. The molecule has 0 bridgehead atoms. The van der Waals surface area contributed by atoms with E-state index in [-0.39, 0.29) is 5.56 Å². The highest BCUT2D eigenvalue weighted by molar-refractivity contribution is 5.53. The SMILES string of the molecule is Cn1ccnc(N2CCCC(NCc3cnn4ccccc34)C2)c1=O. The van der Waals surface area contributed by atoms with Gasteiger partial charge in [0.05, 0.1) is 11.7 Å². The number of piperidine rings is 1. The highest BCUT2D eigenvalue weighted by Gasteiger charge is 2.23. The Morgan fingerprint density at radius 1 is 1.32 bits per heavy atom. The Labute approximate surface area is 145 Å². The van der Waals surface area contributed by atoms with Crippen LogP contribution in [0.1, 0.15) is 18.4 Å². The Hall–Kier alpha value is -2.67. The van der Waals surface area contributed by atoms with Gasteiger partial charge in [0.25, 0.3) is 5.56 Å². The molecule has 3 aromatic rings. The van der Waals surface area contributed by atoms with E-state index in [0.29, 0.717) is 11.9 Å². The van der Waals surface area contributed by atoms with Crippen molar-refractivity contribution in [3.8, 4) is 0 Å². The minimum absolute atomic E-state index is 0.0363. The average Bonchev–Trinajstić information content (AvgIpc) is 3.06. The molecule has 0 aliphatic carbocycles. The van der Waals surface area contributed by atoms with Gasteiger partial charge in [-0.2, -0.15) is 5.10 Å². The van der Waals surface area contributed by atoms with Crippen LogP contribution in [-0.4, -0.2) is 38.3 Å². The molecule has 1 aliphatic rings. The predicted octanol–water partition coefficient (Wildman–Crippen LogP) is 1.19. The molecule has 0 saturated carbocycles. The summed E-state index contributed by atoms with van der Waals surface area (Å²) in [6, 6.07) is 6.41. The lowest BCUT2D eigenvalue weighted by atomic mass is 10.1. The van der Waals surface area contributed by atoms with Gasteiger partial charge in [0, 0.05) is 56.9 Å². The van der Waals surface area contributed by atoms with Crippen LogP contribution in [0.25, 0.3) is 5.52 Å². The van der Waals surface area contributed by atoms with E-state index in [2.05, 4.69) is 26.4 Å². The summed E-state index contributed by atoms with van der Waals surface area (Å²) in [4.78, 5) is 18.7. The summed E-state index contributed by atoms with van der Waals surface area (Å²) in [6.45, 7) is 2.44. The molecular formula is C18H22N6O. The third kappa shape index (κ3) is 3.15. The smallest absolute Gasteiger partial charge is 0.293 e. The largest absolute Gasteiger partial charge is 0.350 e. The molecular weight excluding hydrogens is 316 g/mol. The van der Waals surface area contributed by atoms with Gasteiger partial charge in [0.1, 0.15) is 0 Å². The van der Waals surface area contributed by atoms with Crippen LogP contribution in [0.3, 0.4) is 0 Å². The number of pyridine rings is 1. The van der Waals surface area contributed by atoms with E-state index >= 15 is 0 Å². The molecule has 0 amide bonds. The average molecular weight is 338 g/mol. The fraction of sp³-hybridized carbons (Fsp3) is 0.389. The lowest BCUT2D eigenvalue weighted by molar-refractivity contribution is 0.419. The monoisotopic (exact) mass is 338 g/mol. The molecule has 4 rings (SSSR count). The second kappa shape index (κ2) is 6.68. The van der Waals surface area contributed by atoms with Crippen LogP contribution in [0.15, 0.2) is 47.8 Å². The third-order valence-corrected chi connectivity index (χ3v) is 4.81. The molecule has 1 aliphatic heterocycles. The minimum atomic E-state index is -0.0363. The van der Waals surface area contributed by atoms with Gasteiger partial charge in [-0.25, -0.2) is 9.50 Å². The Morgan fingerprint density at radius 3 is 3.16 bits per heavy atom. The first kappa shape index (κ1) is 15.8. The van der Waals surface area contributed by atoms with Gasteiger partial charge in [-0.3, -0.25) is 4.79 Å². The Kier molecular flexibility index (Phi) is 4.23. The van der Waals surface area contributed by atoms with Crippen molar-refractivity contribution in [1.29, 1.82) is 0 Å². The maximum absolute atomic E-state index is 12.3. The van der Waals surface area contributed by atoms with Crippen molar-refractivity contribution < 1.29 is 0 Å². The lowest BCUT2D eigenvalue weighted by Gasteiger charge is -2.33. The molecule has 0 radical (unpaired) electrons. The van der Waals surface area contributed by atoms with Gasteiger partial charge < -0.3 is 14.8 Å². The number of rotatable bonds is 4. The number of nitrogens with one attached hydrogen (secondary N) is 1. The van der Waals surface area contributed by atoms with Crippen molar-refractivity contribution >= 4 is 11.3 Å². The zero-order valence-electron chi connectivity index (χ0n) is 14.3. The molecule has 7 heteroatoms. The summed E-state index contributed by atoms with van der Waals surface area (Å²) in [5, 5.41) is 8.00. The summed E-state index contributed by atoms with van der Waals surface area (Å²) in [7, 11) is 1.76. The topological polar surface area (TPSA) is 67.5 Å². The predicted molar refractivity (Wildman–Crippen MR) is 96.7 cm³/mol. The molecule has 130 valence electrons. The van der Waals surface area contributed by atoms with E-state index in [0.717, 1.165) is 38.0 Å². The molecule has 1 fully saturated rings. The van der Waals surface area contributed by atoms with Crippen molar-refractivity contribution in [3.63, 3.8) is 0 Å². The zero-order valence-corrected chi connectivity index (χ0v) is 14.3. The van der Waals surface area contributed by atoms with Gasteiger partial charge in [0.2, 0.25) is 0 Å². The van der Waals surface area contributed by atoms with E-state index in [1.165, 1.54) is 5.56 Å². The van der Waals surface area contributed by atoms with E-state index in [9.17, 15) is 4.79 Å². The lowest BCUT2D eigenvalue weighted by Crippen LogP contribution is -2.47. The quantitative estimate of drug-likeness (QED) is 0.774. The van der Waals surface area contributed by atoms with Crippen molar-refractivity contribution in [2.45, 2.75) is 25.4 Å². The molecule has 1 saturated heterocycles. The molecule has 1 atom stereocenters. The van der Waals surface area contributed by atoms with Crippen LogP contribution < -0.4 is 15.8 Å². The van der Waals surface area contributed by atoms with Crippen LogP contribution >= 0.6 is 0 Å².